The summed E-state index contributed by atoms with van der Waals surface area (Å²) < 4.78 is 5.72. The van der Waals surface area contributed by atoms with Gasteiger partial charge in [-0.2, -0.15) is 5.10 Å². The number of nitrogens with zero attached hydrogens (tertiary/aromatic N) is 1. The van der Waals surface area contributed by atoms with Crippen LogP contribution in [-0.2, 0) is 0 Å². The molecule has 1 heterocycles. The van der Waals surface area contributed by atoms with Gasteiger partial charge >= 0.3 is 0 Å². The molecule has 0 aliphatic heterocycles. The fraction of sp³-hybridized carbons (Fsp3) is 0.357. The van der Waals surface area contributed by atoms with E-state index in [0.29, 0.717) is 0 Å². The molecule has 1 atom stereocenters. The molecule has 0 radical (unpaired) electrons. The Morgan fingerprint density at radius 1 is 1.33 bits per heavy atom. The number of aromatic amines is 1. The molecule has 0 aliphatic carbocycles. The number of hydrogen-bond donors (Lipinski definition) is 2. The molecule has 96 valence electrons. The first-order valence-electron chi connectivity index (χ1n) is 6.29. The molecule has 0 amide bonds. The second-order valence-corrected chi connectivity index (χ2v) is 4.22. The maximum Gasteiger partial charge on any atom is 0.142 e. The smallest absolute Gasteiger partial charge is 0.142 e. The van der Waals surface area contributed by atoms with E-state index in [0.717, 1.165) is 30.2 Å². The minimum absolute atomic E-state index is 0.166. The lowest BCUT2D eigenvalue weighted by Gasteiger charge is -2.17. The number of ether oxygens (including phenoxy) is 1. The van der Waals surface area contributed by atoms with Crippen LogP contribution in [0.4, 0.5) is 5.69 Å². The number of hydrogen-bond acceptors (Lipinski definition) is 3. The second-order valence-electron chi connectivity index (χ2n) is 4.22. The second kappa shape index (κ2) is 6.10. The van der Waals surface area contributed by atoms with Crippen molar-refractivity contribution in [3.63, 3.8) is 0 Å². The quantitative estimate of drug-likeness (QED) is 0.820. The predicted molar refractivity (Wildman–Crippen MR) is 72.9 cm³/mol. The van der Waals surface area contributed by atoms with E-state index < -0.39 is 0 Å². The molecule has 1 unspecified atom stereocenters. The van der Waals surface area contributed by atoms with Crippen LogP contribution in [0.15, 0.2) is 36.5 Å². The highest BCUT2D eigenvalue weighted by Crippen LogP contribution is 2.27. The van der Waals surface area contributed by atoms with Crippen LogP contribution in [0.3, 0.4) is 0 Å². The highest BCUT2D eigenvalue weighted by Gasteiger charge is 2.09. The molecule has 2 N–H and O–H groups in total. The molecule has 0 spiro atoms. The monoisotopic (exact) mass is 245 g/mol. The molecule has 0 saturated heterocycles. The Balaban J connectivity index is 2.08. The van der Waals surface area contributed by atoms with E-state index in [-0.39, 0.29) is 6.04 Å². The zero-order valence-electron chi connectivity index (χ0n) is 10.8. The summed E-state index contributed by atoms with van der Waals surface area (Å²) in [6.45, 7) is 4.92. The zero-order chi connectivity index (χ0) is 12.8. The number of para-hydroxylation sites is 2. The Hall–Kier alpha value is -1.97. The van der Waals surface area contributed by atoms with Gasteiger partial charge in [-0.15, -0.1) is 0 Å². The lowest BCUT2D eigenvalue weighted by Crippen LogP contribution is -2.08. The number of aromatic nitrogens is 2. The molecule has 0 fully saturated rings. The Bertz CT molecular complexity index is 468. The summed E-state index contributed by atoms with van der Waals surface area (Å²) in [5.41, 5.74) is 2.06. The summed E-state index contributed by atoms with van der Waals surface area (Å²) in [4.78, 5) is 0. The molecular weight excluding hydrogens is 226 g/mol. The van der Waals surface area contributed by atoms with Crippen molar-refractivity contribution in [1.29, 1.82) is 0 Å². The van der Waals surface area contributed by atoms with E-state index in [2.05, 4.69) is 29.4 Å². The normalized spacial score (nSPS) is 12.1. The van der Waals surface area contributed by atoms with Gasteiger partial charge < -0.3 is 10.1 Å². The Labute approximate surface area is 107 Å². The van der Waals surface area contributed by atoms with E-state index >= 15 is 0 Å². The van der Waals surface area contributed by atoms with Crippen molar-refractivity contribution in [3.05, 3.63) is 42.2 Å². The van der Waals surface area contributed by atoms with Gasteiger partial charge in [0.1, 0.15) is 5.75 Å². The van der Waals surface area contributed by atoms with Gasteiger partial charge in [0, 0.05) is 6.20 Å². The van der Waals surface area contributed by atoms with Gasteiger partial charge in [-0.05, 0) is 31.5 Å². The minimum Gasteiger partial charge on any atom is -0.491 e. The van der Waals surface area contributed by atoms with Crippen molar-refractivity contribution >= 4 is 5.69 Å². The first kappa shape index (κ1) is 12.5. The average molecular weight is 245 g/mol. The van der Waals surface area contributed by atoms with Crippen molar-refractivity contribution in [3.8, 4) is 5.75 Å². The van der Waals surface area contributed by atoms with Crippen molar-refractivity contribution in [2.75, 3.05) is 11.9 Å². The number of benzene rings is 1. The van der Waals surface area contributed by atoms with Crippen molar-refractivity contribution in [1.82, 2.24) is 10.2 Å². The lowest BCUT2D eigenvalue weighted by molar-refractivity contribution is 0.318. The van der Waals surface area contributed by atoms with Crippen LogP contribution < -0.4 is 10.1 Å². The predicted octanol–water partition coefficient (Wildman–Crippen LogP) is 3.37. The maximum atomic E-state index is 5.72. The Morgan fingerprint density at radius 2 is 2.17 bits per heavy atom. The van der Waals surface area contributed by atoms with Crippen LogP contribution in [0.1, 0.15) is 32.0 Å². The summed E-state index contributed by atoms with van der Waals surface area (Å²) in [5, 5.41) is 10.4. The number of H-pyrrole nitrogens is 1. The number of rotatable bonds is 6. The molecule has 18 heavy (non-hydrogen) atoms. The van der Waals surface area contributed by atoms with Gasteiger partial charge in [-0.25, -0.2) is 0 Å². The molecule has 0 aliphatic rings. The molecule has 1 aromatic carbocycles. The van der Waals surface area contributed by atoms with E-state index in [1.807, 2.05) is 30.3 Å². The van der Waals surface area contributed by atoms with Crippen LogP contribution in [-0.4, -0.2) is 16.8 Å². The van der Waals surface area contributed by atoms with Crippen LogP contribution >= 0.6 is 0 Å². The van der Waals surface area contributed by atoms with Crippen LogP contribution in [0, 0.1) is 0 Å². The first-order chi connectivity index (χ1) is 8.81. The van der Waals surface area contributed by atoms with Crippen LogP contribution in [0.25, 0.3) is 0 Å². The maximum absolute atomic E-state index is 5.72. The molecule has 0 saturated carbocycles. The van der Waals surface area contributed by atoms with Gasteiger partial charge in [0.05, 0.1) is 24.0 Å². The average Bonchev–Trinajstić information content (AvgIpc) is 2.91. The Kier molecular flexibility index (Phi) is 4.23. The summed E-state index contributed by atoms with van der Waals surface area (Å²) in [6.07, 6.45) is 2.76. The SMILES string of the molecule is CCCOc1ccccc1NC(C)c1ccn[nH]1. The highest BCUT2D eigenvalue weighted by molar-refractivity contribution is 5.57. The third-order valence-corrected chi connectivity index (χ3v) is 2.71. The fourth-order valence-electron chi connectivity index (χ4n) is 1.74. The number of anilines is 1. The minimum atomic E-state index is 0.166. The van der Waals surface area contributed by atoms with E-state index in [1.54, 1.807) is 6.20 Å². The van der Waals surface area contributed by atoms with Crippen LogP contribution in [0.2, 0.25) is 0 Å². The van der Waals surface area contributed by atoms with E-state index in [1.165, 1.54) is 0 Å². The van der Waals surface area contributed by atoms with Crippen molar-refractivity contribution in [2.45, 2.75) is 26.3 Å². The molecule has 2 rings (SSSR count). The lowest BCUT2D eigenvalue weighted by atomic mass is 10.2. The molecular formula is C14H19N3O. The molecule has 4 heteroatoms. The third kappa shape index (κ3) is 3.03. The third-order valence-electron chi connectivity index (χ3n) is 2.71. The summed E-state index contributed by atoms with van der Waals surface area (Å²) >= 11 is 0. The van der Waals surface area contributed by atoms with Gasteiger partial charge in [-0.1, -0.05) is 19.1 Å². The summed E-state index contributed by atoms with van der Waals surface area (Å²) in [7, 11) is 0. The van der Waals surface area contributed by atoms with Crippen molar-refractivity contribution < 1.29 is 4.74 Å². The molecule has 0 bridgehead atoms. The molecule has 2 aromatic rings. The van der Waals surface area contributed by atoms with Gasteiger partial charge in [-0.3, -0.25) is 5.10 Å². The molecule has 1 aromatic heterocycles. The topological polar surface area (TPSA) is 49.9 Å². The van der Waals surface area contributed by atoms with E-state index in [4.69, 9.17) is 4.74 Å². The van der Waals surface area contributed by atoms with Crippen LogP contribution in [0.5, 0.6) is 5.75 Å². The van der Waals surface area contributed by atoms with Crippen molar-refractivity contribution in [2.24, 2.45) is 0 Å². The first-order valence-corrected chi connectivity index (χ1v) is 6.29. The Morgan fingerprint density at radius 3 is 2.89 bits per heavy atom. The van der Waals surface area contributed by atoms with E-state index in [9.17, 15) is 0 Å². The summed E-state index contributed by atoms with van der Waals surface area (Å²) in [6, 6.07) is 10.1. The fourth-order valence-corrected chi connectivity index (χ4v) is 1.74. The number of nitrogens with one attached hydrogen (secondary N) is 2. The largest absolute Gasteiger partial charge is 0.491 e. The summed E-state index contributed by atoms with van der Waals surface area (Å²) in [5.74, 6) is 0.894. The highest BCUT2D eigenvalue weighted by atomic mass is 16.5. The van der Waals surface area contributed by atoms with Gasteiger partial charge in [0.25, 0.3) is 0 Å². The standard InChI is InChI=1S/C14H19N3O/c1-3-10-18-14-7-5-4-6-13(14)16-11(2)12-8-9-15-17-12/h4-9,11,16H,3,10H2,1-2H3,(H,15,17). The zero-order valence-corrected chi connectivity index (χ0v) is 10.8. The van der Waals surface area contributed by atoms with Gasteiger partial charge in [0.15, 0.2) is 0 Å². The van der Waals surface area contributed by atoms with Gasteiger partial charge in [0.2, 0.25) is 0 Å². The molecule has 4 nitrogen and oxygen atoms in total.